The van der Waals surface area contributed by atoms with Gasteiger partial charge >= 0.3 is 5.97 Å². The van der Waals surface area contributed by atoms with Crippen molar-refractivity contribution in [1.29, 1.82) is 0 Å². The van der Waals surface area contributed by atoms with E-state index in [1.165, 1.54) is 0 Å². The van der Waals surface area contributed by atoms with Gasteiger partial charge in [0, 0.05) is 6.54 Å². The largest absolute Gasteiger partial charge is 0.480 e. The van der Waals surface area contributed by atoms with Gasteiger partial charge in [-0.3, -0.25) is 4.99 Å². The molecule has 12 heavy (non-hydrogen) atoms. The molecule has 2 N–H and O–H groups in total. The summed E-state index contributed by atoms with van der Waals surface area (Å²) in [6.07, 6.45) is 2.62. The van der Waals surface area contributed by atoms with Gasteiger partial charge in [0.1, 0.15) is 6.04 Å². The maximum absolute atomic E-state index is 10.6. The molecule has 0 aromatic carbocycles. The second-order valence-corrected chi connectivity index (χ2v) is 3.00. The van der Waals surface area contributed by atoms with Crippen molar-refractivity contribution in [3.05, 3.63) is 0 Å². The van der Waals surface area contributed by atoms with E-state index in [4.69, 9.17) is 5.11 Å². The molecule has 0 aliphatic carbocycles. The fourth-order valence-corrected chi connectivity index (χ4v) is 1.26. The quantitative estimate of drug-likeness (QED) is 0.606. The van der Waals surface area contributed by atoms with Gasteiger partial charge in [0.15, 0.2) is 0 Å². The van der Waals surface area contributed by atoms with Crippen molar-refractivity contribution in [3.63, 3.8) is 0 Å². The predicted octanol–water partition coefficient (Wildman–Crippen LogP) is 0.631. The van der Waals surface area contributed by atoms with E-state index in [2.05, 4.69) is 10.3 Å². The van der Waals surface area contributed by atoms with E-state index in [1.807, 2.05) is 0 Å². The van der Waals surface area contributed by atoms with Crippen molar-refractivity contribution < 1.29 is 9.90 Å². The van der Waals surface area contributed by atoms with Crippen LogP contribution in [-0.4, -0.2) is 29.5 Å². The first-order chi connectivity index (χ1) is 5.70. The topological polar surface area (TPSA) is 61.7 Å². The molecule has 1 rings (SSSR count). The fourth-order valence-electron chi connectivity index (χ4n) is 1.26. The number of hydrogen-bond acceptors (Lipinski definition) is 3. The van der Waals surface area contributed by atoms with E-state index < -0.39 is 12.0 Å². The first kappa shape index (κ1) is 9.03. The van der Waals surface area contributed by atoms with Crippen molar-refractivity contribution in [2.45, 2.75) is 32.2 Å². The van der Waals surface area contributed by atoms with E-state index in [0.717, 1.165) is 25.2 Å². The van der Waals surface area contributed by atoms with Crippen molar-refractivity contribution in [3.8, 4) is 0 Å². The standard InChI is InChI=1S/C8H14N2O2/c1-6-9-5-3-2-4-7(10-6)8(11)12/h7H,2-5H2,1H3,(H,9,10)(H,11,12). The Balaban J connectivity index is 2.57. The molecule has 0 saturated carbocycles. The zero-order chi connectivity index (χ0) is 8.97. The highest BCUT2D eigenvalue weighted by atomic mass is 16.4. The third-order valence-electron chi connectivity index (χ3n) is 1.93. The third kappa shape index (κ3) is 2.53. The monoisotopic (exact) mass is 170 g/mol. The lowest BCUT2D eigenvalue weighted by Crippen LogP contribution is -2.40. The lowest BCUT2D eigenvalue weighted by atomic mass is 10.1. The lowest BCUT2D eigenvalue weighted by Gasteiger charge is -2.17. The van der Waals surface area contributed by atoms with Crippen LogP contribution in [0.1, 0.15) is 26.2 Å². The summed E-state index contributed by atoms with van der Waals surface area (Å²) in [4.78, 5) is 14.8. The molecule has 1 heterocycles. The van der Waals surface area contributed by atoms with E-state index in [-0.39, 0.29) is 0 Å². The summed E-state index contributed by atoms with van der Waals surface area (Å²) in [6.45, 7) is 2.62. The molecule has 0 aromatic heterocycles. The van der Waals surface area contributed by atoms with Crippen LogP contribution in [0.2, 0.25) is 0 Å². The summed E-state index contributed by atoms with van der Waals surface area (Å²) in [6, 6.07) is -0.450. The maximum atomic E-state index is 10.6. The summed E-state index contributed by atoms with van der Waals surface area (Å²) in [5.74, 6) is -0.0476. The van der Waals surface area contributed by atoms with E-state index in [1.54, 1.807) is 6.92 Å². The number of carbonyl (C=O) groups is 1. The number of hydrogen-bond donors (Lipinski definition) is 2. The maximum Gasteiger partial charge on any atom is 0.326 e. The second-order valence-electron chi connectivity index (χ2n) is 3.00. The minimum Gasteiger partial charge on any atom is -0.480 e. The van der Waals surface area contributed by atoms with Gasteiger partial charge in [0.25, 0.3) is 0 Å². The van der Waals surface area contributed by atoms with Crippen molar-refractivity contribution in [1.82, 2.24) is 5.32 Å². The molecule has 1 aliphatic rings. The van der Waals surface area contributed by atoms with Gasteiger partial charge in [-0.1, -0.05) is 0 Å². The van der Waals surface area contributed by atoms with Crippen LogP contribution >= 0.6 is 0 Å². The molecule has 0 radical (unpaired) electrons. The summed E-state index contributed by atoms with van der Waals surface area (Å²) in [7, 11) is 0. The highest BCUT2D eigenvalue weighted by Crippen LogP contribution is 2.04. The van der Waals surface area contributed by atoms with Crippen LogP contribution in [-0.2, 0) is 4.79 Å². The number of aliphatic imine (C=N–C) groups is 1. The van der Waals surface area contributed by atoms with Gasteiger partial charge < -0.3 is 10.4 Å². The minimum absolute atomic E-state index is 0.450. The molecule has 4 nitrogen and oxygen atoms in total. The number of rotatable bonds is 1. The van der Waals surface area contributed by atoms with E-state index in [9.17, 15) is 4.79 Å². The van der Waals surface area contributed by atoms with Crippen LogP contribution in [0.3, 0.4) is 0 Å². The van der Waals surface area contributed by atoms with Gasteiger partial charge in [-0.25, -0.2) is 4.79 Å². The normalized spacial score (nSPS) is 29.1. The Hall–Kier alpha value is -1.06. The third-order valence-corrected chi connectivity index (χ3v) is 1.93. The number of aliphatic carboxylic acids is 1. The molecule has 0 bridgehead atoms. The number of carboxylic acid groups (broad SMARTS) is 1. The van der Waals surface area contributed by atoms with Crippen LogP contribution in [0.4, 0.5) is 0 Å². The minimum atomic E-state index is -0.786. The molecule has 68 valence electrons. The second kappa shape index (κ2) is 4.09. The highest BCUT2D eigenvalue weighted by molar-refractivity contribution is 5.85. The smallest absolute Gasteiger partial charge is 0.326 e. The molecular weight excluding hydrogens is 156 g/mol. The summed E-state index contributed by atoms with van der Waals surface area (Å²) >= 11 is 0. The first-order valence-corrected chi connectivity index (χ1v) is 4.20. The Bertz CT molecular complexity index is 201. The first-order valence-electron chi connectivity index (χ1n) is 4.20. The molecule has 0 amide bonds. The zero-order valence-corrected chi connectivity index (χ0v) is 7.21. The lowest BCUT2D eigenvalue weighted by molar-refractivity contribution is -0.139. The fraction of sp³-hybridized carbons (Fsp3) is 0.750. The van der Waals surface area contributed by atoms with Gasteiger partial charge in [-0.05, 0) is 26.2 Å². The molecule has 0 aromatic rings. The van der Waals surface area contributed by atoms with Crippen LogP contribution in [0.25, 0.3) is 0 Å². The van der Waals surface area contributed by atoms with Crippen LogP contribution < -0.4 is 5.32 Å². The Morgan fingerprint density at radius 2 is 2.42 bits per heavy atom. The Kier molecular flexibility index (Phi) is 3.08. The van der Waals surface area contributed by atoms with Crippen LogP contribution in [0.5, 0.6) is 0 Å². The van der Waals surface area contributed by atoms with Gasteiger partial charge in [0.05, 0.1) is 5.84 Å². The summed E-state index contributed by atoms with van der Waals surface area (Å²) < 4.78 is 0. The molecule has 1 aliphatic heterocycles. The predicted molar refractivity (Wildman–Crippen MR) is 46.4 cm³/mol. The SMILES string of the molecule is C/C1=N/CCCCC(C(=O)O)N1. The van der Waals surface area contributed by atoms with Crippen molar-refractivity contribution in [2.24, 2.45) is 4.99 Å². The number of carboxylic acids is 1. The molecule has 1 unspecified atom stereocenters. The van der Waals surface area contributed by atoms with Crippen LogP contribution in [0, 0.1) is 0 Å². The molecule has 1 atom stereocenters. The van der Waals surface area contributed by atoms with Crippen molar-refractivity contribution in [2.75, 3.05) is 6.54 Å². The average Bonchev–Trinajstić information content (AvgIpc) is 1.95. The average molecular weight is 170 g/mol. The molecule has 0 fully saturated rings. The molecule has 4 heteroatoms. The highest BCUT2D eigenvalue weighted by Gasteiger charge is 2.17. The molecular formula is C8H14N2O2. The Morgan fingerprint density at radius 1 is 1.67 bits per heavy atom. The van der Waals surface area contributed by atoms with E-state index >= 15 is 0 Å². The Morgan fingerprint density at radius 3 is 3.08 bits per heavy atom. The van der Waals surface area contributed by atoms with Crippen molar-refractivity contribution >= 4 is 11.8 Å². The van der Waals surface area contributed by atoms with Gasteiger partial charge in [-0.15, -0.1) is 0 Å². The summed E-state index contributed by atoms with van der Waals surface area (Å²) in [5, 5.41) is 11.6. The van der Waals surface area contributed by atoms with Gasteiger partial charge in [-0.2, -0.15) is 0 Å². The number of nitrogens with zero attached hydrogens (tertiary/aromatic N) is 1. The van der Waals surface area contributed by atoms with E-state index in [0.29, 0.717) is 6.42 Å². The number of amidine groups is 1. The summed E-state index contributed by atoms with van der Waals surface area (Å²) in [5.41, 5.74) is 0. The molecule has 0 spiro atoms. The van der Waals surface area contributed by atoms with Crippen LogP contribution in [0.15, 0.2) is 4.99 Å². The molecule has 0 saturated heterocycles. The Labute approximate surface area is 71.7 Å². The zero-order valence-electron chi connectivity index (χ0n) is 7.21. The van der Waals surface area contributed by atoms with Gasteiger partial charge in [0.2, 0.25) is 0 Å². The number of nitrogens with one attached hydrogen (secondary N) is 1.